The van der Waals surface area contributed by atoms with Crippen molar-refractivity contribution in [2.24, 2.45) is 0 Å². The van der Waals surface area contributed by atoms with Gasteiger partial charge in [-0.15, -0.1) is 0 Å². The van der Waals surface area contributed by atoms with Crippen LogP contribution in [0.4, 0.5) is 0 Å². The summed E-state index contributed by atoms with van der Waals surface area (Å²) in [5.74, 6) is -0.0617. The Kier molecular flexibility index (Phi) is 5.99. The van der Waals surface area contributed by atoms with E-state index in [1.807, 2.05) is 23.6 Å². The Morgan fingerprint density at radius 3 is 2.96 bits per heavy atom. The van der Waals surface area contributed by atoms with Crippen molar-refractivity contribution in [2.45, 2.75) is 39.2 Å². The summed E-state index contributed by atoms with van der Waals surface area (Å²) in [7, 11) is 0. The van der Waals surface area contributed by atoms with E-state index in [1.165, 1.54) is 0 Å². The van der Waals surface area contributed by atoms with Gasteiger partial charge in [-0.1, -0.05) is 0 Å². The molecule has 132 valence electrons. The maximum atomic E-state index is 12.6. The summed E-state index contributed by atoms with van der Waals surface area (Å²) in [5, 5.41) is 3.57. The van der Waals surface area contributed by atoms with Gasteiger partial charge in [0.25, 0.3) is 0 Å². The first-order valence-electron chi connectivity index (χ1n) is 8.28. The van der Waals surface area contributed by atoms with Gasteiger partial charge in [-0.25, -0.2) is 0 Å². The Bertz CT molecular complexity index is 726. The summed E-state index contributed by atoms with van der Waals surface area (Å²) < 4.78 is 10.2. The van der Waals surface area contributed by atoms with Crippen molar-refractivity contribution in [1.82, 2.24) is 14.7 Å². The predicted molar refractivity (Wildman–Crippen MR) is 105 cm³/mol. The number of hydrogen-bond donors (Lipinski definition) is 1. The second-order valence-corrected chi connectivity index (χ2v) is 11.5. The monoisotopic (exact) mass is 463 g/mol. The number of halogens is 2. The molecule has 2 aromatic heterocycles. The molecule has 1 amide bonds. The predicted octanol–water partition coefficient (Wildman–Crippen LogP) is 4.04. The molecule has 0 radical (unpaired) electrons. The van der Waals surface area contributed by atoms with Crippen LogP contribution >= 0.6 is 31.8 Å². The van der Waals surface area contributed by atoms with Gasteiger partial charge in [0.15, 0.2) is 0 Å². The third-order valence-corrected chi connectivity index (χ3v) is 9.30. The van der Waals surface area contributed by atoms with Gasteiger partial charge in [0.2, 0.25) is 0 Å². The number of carbonyl (C=O) groups is 1. The summed E-state index contributed by atoms with van der Waals surface area (Å²) in [6.45, 7) is 4.99. The molecule has 7 heteroatoms. The summed E-state index contributed by atoms with van der Waals surface area (Å²) in [5.41, 5.74) is 2.17. The molecular weight excluding hydrogens is 441 g/mol. The number of alkyl halides is 2. The third-order valence-electron chi connectivity index (χ3n) is 4.13. The quantitative estimate of drug-likeness (QED) is 0.414. The number of amides is 1. The van der Waals surface area contributed by atoms with Crippen LogP contribution < -0.4 is 5.32 Å². The first-order valence-corrected chi connectivity index (χ1v) is 12.6. The van der Waals surface area contributed by atoms with E-state index >= 15 is 0 Å². The zero-order valence-corrected chi connectivity index (χ0v) is 16.9. The van der Waals surface area contributed by atoms with Gasteiger partial charge >= 0.3 is 155 Å². The fourth-order valence-corrected chi connectivity index (χ4v) is 8.18. The Morgan fingerprint density at radius 2 is 2.25 bits per heavy atom. The number of aryl methyl sites for hydroxylation is 1. The Balaban J connectivity index is 1.64. The topological polar surface area (TPSA) is 55.6 Å². The molecule has 1 saturated heterocycles. The second kappa shape index (κ2) is 8.01. The molecule has 0 spiro atoms. The molecule has 0 atom stereocenters. The van der Waals surface area contributed by atoms with Gasteiger partial charge < -0.3 is 0 Å². The van der Waals surface area contributed by atoms with Gasteiger partial charge in [0, 0.05) is 0 Å². The normalized spacial score (nSPS) is 17.4. The van der Waals surface area contributed by atoms with E-state index in [1.54, 1.807) is 6.07 Å². The molecule has 3 heterocycles. The number of carbonyl (C=O) groups excluding carboxylic acids is 1. The van der Waals surface area contributed by atoms with Crippen LogP contribution in [0.25, 0.3) is 5.65 Å². The average Bonchev–Trinajstić information content (AvgIpc) is 2.98. The summed E-state index contributed by atoms with van der Waals surface area (Å²) in [6.07, 6.45) is 5.01. The van der Waals surface area contributed by atoms with Crippen molar-refractivity contribution < 1.29 is 7.86 Å². The molecule has 0 aromatic carbocycles. The molecule has 5 nitrogen and oxygen atoms in total. The molecular formula is C17H23ClIN3O2. The number of nitrogens with one attached hydrogen (secondary N) is 1. The number of nitrogens with zero attached hydrogens (tertiary/aromatic N) is 2. The van der Waals surface area contributed by atoms with E-state index in [9.17, 15) is 4.79 Å². The fourth-order valence-electron chi connectivity index (χ4n) is 2.82. The van der Waals surface area contributed by atoms with Crippen molar-refractivity contribution in [3.63, 3.8) is 0 Å². The van der Waals surface area contributed by atoms with Gasteiger partial charge in [-0.3, -0.25) is 0 Å². The first kappa shape index (κ1) is 17.9. The fraction of sp³-hybridized carbons (Fsp3) is 0.529. The van der Waals surface area contributed by atoms with Crippen LogP contribution in [0.5, 0.6) is 0 Å². The molecule has 0 unspecified atom stereocenters. The molecule has 3 rings (SSSR count). The van der Waals surface area contributed by atoms with Crippen LogP contribution in [-0.4, -0.2) is 36.8 Å². The standard InChI is InChI=1S/C17H23ClIN3O2/c1-3-10-24-19-7-4-13(5-8-19)20-17(23)14-6-9-22-12(2)11-15(18)21-16(14)22/h6,9,11,13H,3-5,7-8,10H2,1-2H3,(H,20,23). The minimum atomic E-state index is -1.20. The SMILES string of the molecule is CCCOI1CCC(NC(=O)c2ccn3c(C)cc(Cl)nc23)CC1. The van der Waals surface area contributed by atoms with E-state index in [2.05, 4.69) is 17.2 Å². The number of fused-ring (bicyclic) bond motifs is 1. The third kappa shape index (κ3) is 4.03. The van der Waals surface area contributed by atoms with E-state index in [0.717, 1.165) is 40.4 Å². The van der Waals surface area contributed by atoms with Crippen LogP contribution in [-0.2, 0) is 3.07 Å². The number of aromatic nitrogens is 2. The van der Waals surface area contributed by atoms with E-state index in [-0.39, 0.29) is 11.9 Å². The van der Waals surface area contributed by atoms with Crippen LogP contribution in [0, 0.1) is 6.92 Å². The van der Waals surface area contributed by atoms with Crippen LogP contribution in [0.2, 0.25) is 5.15 Å². The summed E-state index contributed by atoms with van der Waals surface area (Å²) in [4.78, 5) is 16.9. The number of rotatable bonds is 5. The summed E-state index contributed by atoms with van der Waals surface area (Å²) in [6, 6.07) is 3.85. The summed E-state index contributed by atoms with van der Waals surface area (Å²) >= 11 is 4.84. The average molecular weight is 464 g/mol. The first-order chi connectivity index (χ1) is 11.6. The van der Waals surface area contributed by atoms with Crippen molar-refractivity contribution in [3.8, 4) is 0 Å². The molecule has 1 fully saturated rings. The van der Waals surface area contributed by atoms with E-state index < -0.39 is 20.2 Å². The van der Waals surface area contributed by atoms with Crippen LogP contribution in [0.3, 0.4) is 0 Å². The van der Waals surface area contributed by atoms with Gasteiger partial charge in [-0.05, 0) is 0 Å². The molecule has 0 bridgehead atoms. The van der Waals surface area contributed by atoms with Crippen LogP contribution in [0.15, 0.2) is 18.3 Å². The zero-order chi connectivity index (χ0) is 17.1. The molecule has 2 aromatic rings. The number of hydrogen-bond acceptors (Lipinski definition) is 3. The Labute approximate surface area is 155 Å². The second-order valence-electron chi connectivity index (χ2n) is 5.99. The van der Waals surface area contributed by atoms with E-state index in [0.29, 0.717) is 16.4 Å². The molecule has 1 aliphatic heterocycles. The minimum absolute atomic E-state index is 0.0617. The molecule has 1 aliphatic rings. The molecule has 24 heavy (non-hydrogen) atoms. The maximum absolute atomic E-state index is 12.6. The Hall–Kier alpha value is -0.860. The van der Waals surface area contributed by atoms with Crippen molar-refractivity contribution in [2.75, 3.05) is 15.5 Å². The molecule has 0 saturated carbocycles. The van der Waals surface area contributed by atoms with Crippen molar-refractivity contribution in [3.05, 3.63) is 34.7 Å². The van der Waals surface area contributed by atoms with Crippen molar-refractivity contribution in [1.29, 1.82) is 0 Å². The Morgan fingerprint density at radius 1 is 1.50 bits per heavy atom. The van der Waals surface area contributed by atoms with Gasteiger partial charge in [0.05, 0.1) is 0 Å². The van der Waals surface area contributed by atoms with Gasteiger partial charge in [0.1, 0.15) is 0 Å². The molecule has 0 aliphatic carbocycles. The van der Waals surface area contributed by atoms with Crippen LogP contribution in [0.1, 0.15) is 42.2 Å². The van der Waals surface area contributed by atoms with Gasteiger partial charge in [-0.2, -0.15) is 0 Å². The van der Waals surface area contributed by atoms with Crippen molar-refractivity contribution >= 4 is 43.4 Å². The molecule has 1 N–H and O–H groups in total. The van der Waals surface area contributed by atoms with E-state index in [4.69, 9.17) is 14.7 Å². The zero-order valence-electron chi connectivity index (χ0n) is 14.0.